The molecule has 4 rings (SSSR count). The Morgan fingerprint density at radius 3 is 2.90 bits per heavy atom. The van der Waals surface area contributed by atoms with Crippen LogP contribution in [-0.2, 0) is 11.2 Å². The topological polar surface area (TPSA) is 107 Å². The van der Waals surface area contributed by atoms with Gasteiger partial charge in [-0.25, -0.2) is 9.97 Å². The summed E-state index contributed by atoms with van der Waals surface area (Å²) in [7, 11) is 0. The Hall–Kier alpha value is -1.81. The summed E-state index contributed by atoms with van der Waals surface area (Å²) in [5.74, 6) is -0.139. The molecule has 9 heteroatoms. The molecular weight excluding hydrogens is 432 g/mol. The van der Waals surface area contributed by atoms with Crippen molar-refractivity contribution in [3.8, 4) is 0 Å². The number of nitrogens with zero attached hydrogens (tertiary/aromatic N) is 2. The maximum absolute atomic E-state index is 13.0. The van der Waals surface area contributed by atoms with Crippen molar-refractivity contribution in [2.45, 2.75) is 51.6 Å². The zero-order valence-corrected chi connectivity index (χ0v) is 19.6. The van der Waals surface area contributed by atoms with Crippen molar-refractivity contribution in [3.05, 3.63) is 34.8 Å². The summed E-state index contributed by atoms with van der Waals surface area (Å²) >= 11 is 3.00. The van der Waals surface area contributed by atoms with Crippen molar-refractivity contribution < 1.29 is 15.0 Å². The number of nitrogens with one attached hydrogen (secondary N) is 2. The lowest BCUT2D eigenvalue weighted by molar-refractivity contribution is -0.143. The minimum Gasteiger partial charge on any atom is -0.396 e. The van der Waals surface area contributed by atoms with E-state index >= 15 is 0 Å². The van der Waals surface area contributed by atoms with E-state index < -0.39 is 11.5 Å². The Morgan fingerprint density at radius 1 is 1.42 bits per heavy atom. The molecule has 168 valence electrons. The molecule has 2 aromatic rings. The van der Waals surface area contributed by atoms with Gasteiger partial charge >= 0.3 is 0 Å². The monoisotopic (exact) mass is 462 g/mol. The van der Waals surface area contributed by atoms with Gasteiger partial charge < -0.3 is 20.8 Å². The molecule has 0 aromatic carbocycles. The largest absolute Gasteiger partial charge is 0.396 e. The molecule has 0 bridgehead atoms. The fourth-order valence-electron chi connectivity index (χ4n) is 5.52. The molecule has 2 heterocycles. The third-order valence-corrected chi connectivity index (χ3v) is 9.10. The normalized spacial score (nSPS) is 32.1. The minimum absolute atomic E-state index is 0.0478. The van der Waals surface area contributed by atoms with Crippen LogP contribution in [0.25, 0.3) is 0 Å². The molecule has 1 saturated carbocycles. The molecule has 7 nitrogen and oxygen atoms in total. The highest BCUT2D eigenvalue weighted by Gasteiger charge is 2.59. The van der Waals surface area contributed by atoms with Gasteiger partial charge in [0.25, 0.3) is 0 Å². The summed E-state index contributed by atoms with van der Waals surface area (Å²) in [6.07, 6.45) is 5.34. The molecule has 1 fully saturated rings. The Balaban J connectivity index is 1.71. The minimum atomic E-state index is -0.618. The zero-order valence-electron chi connectivity index (χ0n) is 17.9. The molecule has 5 atom stereocenters. The molecule has 31 heavy (non-hydrogen) atoms. The van der Waals surface area contributed by atoms with E-state index in [4.69, 9.17) is 4.98 Å². The predicted octanol–water partition coefficient (Wildman–Crippen LogP) is 3.64. The fraction of sp³-hybridized carbons (Fsp3) is 0.591. The maximum atomic E-state index is 13.0. The summed E-state index contributed by atoms with van der Waals surface area (Å²) in [5.41, 5.74) is 0.0995. The van der Waals surface area contributed by atoms with Crippen LogP contribution in [-0.4, -0.2) is 45.3 Å². The van der Waals surface area contributed by atoms with Gasteiger partial charge in [-0.1, -0.05) is 19.9 Å². The molecule has 1 amide bonds. The van der Waals surface area contributed by atoms with Crippen LogP contribution >= 0.6 is 22.7 Å². The number of aromatic nitrogens is 2. The lowest BCUT2D eigenvalue weighted by Gasteiger charge is -2.58. The molecule has 2 aromatic heterocycles. The quantitative estimate of drug-likeness (QED) is 0.468. The predicted molar refractivity (Wildman–Crippen MR) is 125 cm³/mol. The highest BCUT2D eigenvalue weighted by molar-refractivity contribution is 7.15. The molecular formula is C22H30N4O3S2. The average Bonchev–Trinajstić information content (AvgIpc) is 3.40. The zero-order chi connectivity index (χ0) is 22.2. The highest BCUT2D eigenvalue weighted by atomic mass is 32.1. The van der Waals surface area contributed by atoms with Crippen LogP contribution in [0, 0.1) is 16.7 Å². The number of carbonyl (C=O) groups excluding carboxylic acids is 1. The maximum Gasteiger partial charge on any atom is 0.226 e. The van der Waals surface area contributed by atoms with Gasteiger partial charge in [0, 0.05) is 40.8 Å². The van der Waals surface area contributed by atoms with Crippen LogP contribution in [0.15, 0.2) is 24.2 Å². The van der Waals surface area contributed by atoms with Crippen molar-refractivity contribution in [2.24, 2.45) is 16.7 Å². The molecule has 0 unspecified atom stereocenters. The Labute approximate surface area is 190 Å². The standard InChI is InChI=1S/C22H30N4O3S2/c1-4-7-23-20-26-18-13(10-17(29)25-19-24-8-9-30-19)21(2)6-5-16(28)22(3,12-27)15(21)11-14(18)31-20/h4,8-9,13,15-16,27-28H,1,5-7,10-12H2,2-3H3,(H,23,26)(H,24,25,29)/t13-,15+,16-,21+,22+/m1/s1. The number of anilines is 2. The second-order valence-corrected chi connectivity index (χ2v) is 11.1. The lowest BCUT2D eigenvalue weighted by Crippen LogP contribution is -2.57. The van der Waals surface area contributed by atoms with E-state index in [2.05, 4.69) is 29.1 Å². The molecule has 0 aliphatic heterocycles. The van der Waals surface area contributed by atoms with Gasteiger partial charge in [0.2, 0.25) is 5.91 Å². The van der Waals surface area contributed by atoms with Crippen molar-refractivity contribution in [1.82, 2.24) is 9.97 Å². The summed E-state index contributed by atoms with van der Waals surface area (Å²) < 4.78 is 0. The SMILES string of the molecule is C=CCNc1nc2c(s1)C[C@@H]1[C@](C)(CO)[C@H](O)CC[C@@]1(C)[C@@H]2CC(=O)Nc1nccs1. The fourth-order valence-corrected chi connectivity index (χ4v) is 7.14. The van der Waals surface area contributed by atoms with Gasteiger partial charge in [0.15, 0.2) is 10.3 Å². The summed E-state index contributed by atoms with van der Waals surface area (Å²) in [6, 6.07) is 0. The van der Waals surface area contributed by atoms with Gasteiger partial charge in [-0.05, 0) is 30.6 Å². The summed E-state index contributed by atoms with van der Waals surface area (Å²) in [5, 5.41) is 30.6. The van der Waals surface area contributed by atoms with Crippen LogP contribution in [0.2, 0.25) is 0 Å². The Kier molecular flexibility index (Phi) is 6.22. The van der Waals surface area contributed by atoms with E-state index in [1.807, 2.05) is 12.3 Å². The smallest absolute Gasteiger partial charge is 0.226 e. The first-order valence-electron chi connectivity index (χ1n) is 10.6. The van der Waals surface area contributed by atoms with Crippen molar-refractivity contribution in [3.63, 3.8) is 0 Å². The van der Waals surface area contributed by atoms with Crippen molar-refractivity contribution >= 4 is 38.8 Å². The van der Waals surface area contributed by atoms with Gasteiger partial charge in [0.1, 0.15) is 0 Å². The van der Waals surface area contributed by atoms with Gasteiger partial charge in [0.05, 0.1) is 18.4 Å². The highest BCUT2D eigenvalue weighted by Crippen LogP contribution is 2.62. The van der Waals surface area contributed by atoms with E-state index in [0.717, 1.165) is 28.5 Å². The first-order chi connectivity index (χ1) is 14.8. The molecule has 0 spiro atoms. The molecule has 2 aliphatic carbocycles. The number of aliphatic hydroxyl groups is 2. The van der Waals surface area contributed by atoms with E-state index in [-0.39, 0.29) is 29.8 Å². The van der Waals surface area contributed by atoms with Gasteiger partial charge in [-0.15, -0.1) is 29.3 Å². The van der Waals surface area contributed by atoms with Crippen LogP contribution in [0.3, 0.4) is 0 Å². The Morgan fingerprint density at radius 2 is 2.23 bits per heavy atom. The summed E-state index contributed by atoms with van der Waals surface area (Å²) in [6.45, 7) is 8.48. The number of carbonyl (C=O) groups is 1. The number of aliphatic hydroxyl groups excluding tert-OH is 2. The number of thiazole rings is 2. The van der Waals surface area contributed by atoms with E-state index in [0.29, 0.717) is 24.5 Å². The first-order valence-corrected chi connectivity index (χ1v) is 12.3. The second-order valence-electron chi connectivity index (χ2n) is 9.12. The number of hydrogen-bond acceptors (Lipinski definition) is 8. The first kappa shape index (κ1) is 22.4. The third-order valence-electron chi connectivity index (χ3n) is 7.36. The van der Waals surface area contributed by atoms with Gasteiger partial charge in [-0.2, -0.15) is 0 Å². The number of amides is 1. The van der Waals surface area contributed by atoms with Crippen LogP contribution in [0.1, 0.15) is 49.6 Å². The van der Waals surface area contributed by atoms with E-state index in [1.54, 1.807) is 23.6 Å². The molecule has 0 radical (unpaired) electrons. The molecule has 2 aliphatic rings. The number of fused-ring (bicyclic) bond motifs is 2. The van der Waals surface area contributed by atoms with Crippen LogP contribution in [0.4, 0.5) is 10.3 Å². The number of rotatable bonds is 7. The van der Waals surface area contributed by atoms with E-state index in [1.165, 1.54) is 11.3 Å². The summed E-state index contributed by atoms with van der Waals surface area (Å²) in [4.78, 5) is 23.2. The second kappa shape index (κ2) is 8.61. The van der Waals surface area contributed by atoms with E-state index in [9.17, 15) is 15.0 Å². The Bertz CT molecular complexity index is 947. The van der Waals surface area contributed by atoms with Gasteiger partial charge in [-0.3, -0.25) is 4.79 Å². The van der Waals surface area contributed by atoms with Crippen molar-refractivity contribution in [1.29, 1.82) is 0 Å². The number of hydrogen-bond donors (Lipinski definition) is 4. The van der Waals surface area contributed by atoms with Crippen molar-refractivity contribution in [2.75, 3.05) is 23.8 Å². The van der Waals surface area contributed by atoms with Crippen LogP contribution in [0.5, 0.6) is 0 Å². The van der Waals surface area contributed by atoms with Crippen LogP contribution < -0.4 is 10.6 Å². The average molecular weight is 463 g/mol. The molecule has 0 saturated heterocycles. The molecule has 4 N–H and O–H groups in total. The third kappa shape index (κ3) is 3.92. The lowest BCUT2D eigenvalue weighted by atomic mass is 9.47.